The van der Waals surface area contributed by atoms with E-state index in [4.69, 9.17) is 11.1 Å². The van der Waals surface area contributed by atoms with Gasteiger partial charge in [-0.05, 0) is 30.3 Å². The number of H-pyrrole nitrogens is 1. The Hall–Kier alpha value is -2.50. The molecule has 0 spiro atoms. The van der Waals surface area contributed by atoms with Gasteiger partial charge in [0.1, 0.15) is 11.7 Å². The molecule has 2 rings (SSSR count). The first-order chi connectivity index (χ1) is 8.08. The molecule has 0 amide bonds. The Morgan fingerprint density at radius 3 is 2.59 bits per heavy atom. The minimum atomic E-state index is -0.525. The van der Waals surface area contributed by atoms with Gasteiger partial charge in [0.25, 0.3) is 5.56 Å². The molecule has 0 saturated carbocycles. The number of aromatic amines is 1. The molecule has 2 aromatic rings. The van der Waals surface area contributed by atoms with Crippen LogP contribution in [0.1, 0.15) is 5.56 Å². The summed E-state index contributed by atoms with van der Waals surface area (Å²) in [7, 11) is 0. The van der Waals surface area contributed by atoms with Crippen LogP contribution in [0.15, 0.2) is 35.1 Å². The van der Waals surface area contributed by atoms with Crippen molar-refractivity contribution in [1.29, 1.82) is 5.41 Å². The molecule has 0 fully saturated rings. The van der Waals surface area contributed by atoms with Crippen LogP contribution in [-0.4, -0.2) is 16.0 Å². The highest BCUT2D eigenvalue weighted by molar-refractivity contribution is 5.95. The topological polar surface area (TPSA) is 95.6 Å². The second kappa shape index (κ2) is 4.17. The Morgan fingerprint density at radius 2 is 2.00 bits per heavy atom. The number of amidine groups is 1. The fraction of sp³-hybridized carbons (Fsp3) is 0. The monoisotopic (exact) mass is 232 g/mol. The molecule has 17 heavy (non-hydrogen) atoms. The zero-order valence-corrected chi connectivity index (χ0v) is 8.70. The van der Waals surface area contributed by atoms with E-state index in [2.05, 4.69) is 10.2 Å². The number of nitrogens with one attached hydrogen (secondary N) is 2. The maximum absolute atomic E-state index is 12.7. The molecule has 1 heterocycles. The van der Waals surface area contributed by atoms with Crippen molar-refractivity contribution in [2.45, 2.75) is 0 Å². The molecule has 0 bridgehead atoms. The molecule has 0 aliphatic rings. The van der Waals surface area contributed by atoms with Crippen LogP contribution < -0.4 is 11.3 Å². The summed E-state index contributed by atoms with van der Waals surface area (Å²) in [5.74, 6) is -0.693. The standard InChI is InChI=1S/C11H9FN4O/c12-7-3-1-6(2-4-7)9-5-8(10(13)14)11(17)16-15-9/h1-5H,(H3,13,14)(H,16,17). The first kappa shape index (κ1) is 11.0. The van der Waals surface area contributed by atoms with Gasteiger partial charge in [-0.3, -0.25) is 10.2 Å². The normalized spacial score (nSPS) is 10.2. The van der Waals surface area contributed by atoms with E-state index in [-0.39, 0.29) is 17.2 Å². The number of nitrogens with two attached hydrogens (primary N) is 1. The number of benzene rings is 1. The summed E-state index contributed by atoms with van der Waals surface area (Å²) in [4.78, 5) is 11.3. The first-order valence-corrected chi connectivity index (χ1v) is 4.78. The van der Waals surface area contributed by atoms with Gasteiger partial charge in [0, 0.05) is 5.56 Å². The largest absolute Gasteiger partial charge is 0.384 e. The van der Waals surface area contributed by atoms with Crippen molar-refractivity contribution in [3.8, 4) is 11.3 Å². The number of nitrogen functional groups attached to an aromatic ring is 1. The second-order valence-corrected chi connectivity index (χ2v) is 3.42. The minimum Gasteiger partial charge on any atom is -0.384 e. The van der Waals surface area contributed by atoms with Gasteiger partial charge in [0.05, 0.1) is 11.3 Å². The predicted octanol–water partition coefficient (Wildman–Crippen LogP) is 0.860. The quantitative estimate of drug-likeness (QED) is 0.529. The molecule has 0 aliphatic carbocycles. The summed E-state index contributed by atoms with van der Waals surface area (Å²) >= 11 is 0. The maximum atomic E-state index is 12.7. The summed E-state index contributed by atoms with van der Waals surface area (Å²) in [6.07, 6.45) is 0. The minimum absolute atomic E-state index is 0.0410. The molecule has 6 heteroatoms. The van der Waals surface area contributed by atoms with Gasteiger partial charge in [-0.1, -0.05) is 0 Å². The van der Waals surface area contributed by atoms with E-state index in [1.165, 1.54) is 30.3 Å². The molecular formula is C11H9FN4O. The average molecular weight is 232 g/mol. The van der Waals surface area contributed by atoms with Crippen LogP contribution in [0.4, 0.5) is 4.39 Å². The van der Waals surface area contributed by atoms with E-state index < -0.39 is 5.56 Å². The Labute approximate surface area is 95.6 Å². The van der Waals surface area contributed by atoms with E-state index in [1.807, 2.05) is 0 Å². The van der Waals surface area contributed by atoms with Crippen LogP contribution in [0, 0.1) is 11.2 Å². The highest BCUT2D eigenvalue weighted by Gasteiger charge is 2.07. The molecule has 4 N–H and O–H groups in total. The zero-order chi connectivity index (χ0) is 12.4. The third kappa shape index (κ3) is 2.20. The third-order valence-corrected chi connectivity index (χ3v) is 2.23. The lowest BCUT2D eigenvalue weighted by Crippen LogP contribution is -2.24. The number of nitrogens with zero attached hydrogens (tertiary/aromatic N) is 1. The number of hydrogen-bond donors (Lipinski definition) is 3. The van der Waals surface area contributed by atoms with Crippen LogP contribution in [0.2, 0.25) is 0 Å². The molecule has 1 aromatic heterocycles. The van der Waals surface area contributed by atoms with Gasteiger partial charge in [-0.15, -0.1) is 0 Å². The fourth-order valence-electron chi connectivity index (χ4n) is 1.37. The lowest BCUT2D eigenvalue weighted by molar-refractivity contribution is 0.628. The van der Waals surface area contributed by atoms with Crippen molar-refractivity contribution in [1.82, 2.24) is 10.2 Å². The van der Waals surface area contributed by atoms with E-state index in [1.54, 1.807) is 0 Å². The van der Waals surface area contributed by atoms with Gasteiger partial charge < -0.3 is 5.73 Å². The summed E-state index contributed by atoms with van der Waals surface area (Å²) < 4.78 is 12.7. The van der Waals surface area contributed by atoms with Crippen LogP contribution in [0.5, 0.6) is 0 Å². The van der Waals surface area contributed by atoms with Crippen molar-refractivity contribution in [3.63, 3.8) is 0 Å². The molecule has 0 atom stereocenters. The van der Waals surface area contributed by atoms with Crippen molar-refractivity contribution < 1.29 is 4.39 Å². The van der Waals surface area contributed by atoms with Gasteiger partial charge in [0.2, 0.25) is 0 Å². The highest BCUT2D eigenvalue weighted by Crippen LogP contribution is 2.16. The Bertz CT molecular complexity index is 618. The SMILES string of the molecule is N=C(N)c1cc(-c2ccc(F)cc2)n[nH]c1=O. The number of aromatic nitrogens is 2. The van der Waals surface area contributed by atoms with E-state index in [0.29, 0.717) is 11.3 Å². The molecule has 0 aliphatic heterocycles. The lowest BCUT2D eigenvalue weighted by Gasteiger charge is -2.02. The van der Waals surface area contributed by atoms with Crippen LogP contribution in [0.3, 0.4) is 0 Å². The molecule has 1 aromatic carbocycles. The van der Waals surface area contributed by atoms with E-state index in [9.17, 15) is 9.18 Å². The Balaban J connectivity index is 2.53. The van der Waals surface area contributed by atoms with Crippen molar-refractivity contribution in [3.05, 3.63) is 52.1 Å². The van der Waals surface area contributed by atoms with Crippen LogP contribution >= 0.6 is 0 Å². The predicted molar refractivity (Wildman–Crippen MR) is 61.3 cm³/mol. The van der Waals surface area contributed by atoms with E-state index >= 15 is 0 Å². The van der Waals surface area contributed by atoms with Gasteiger partial charge in [-0.2, -0.15) is 5.10 Å². The third-order valence-electron chi connectivity index (χ3n) is 2.23. The molecule has 0 saturated heterocycles. The number of hydrogen-bond acceptors (Lipinski definition) is 3. The maximum Gasteiger partial charge on any atom is 0.275 e. The Kier molecular flexibility index (Phi) is 2.70. The smallest absolute Gasteiger partial charge is 0.275 e. The van der Waals surface area contributed by atoms with Crippen LogP contribution in [-0.2, 0) is 0 Å². The van der Waals surface area contributed by atoms with Gasteiger partial charge in [0.15, 0.2) is 0 Å². The second-order valence-electron chi connectivity index (χ2n) is 3.42. The molecule has 86 valence electrons. The molecule has 0 unspecified atom stereocenters. The van der Waals surface area contributed by atoms with E-state index in [0.717, 1.165) is 0 Å². The van der Waals surface area contributed by atoms with Crippen molar-refractivity contribution >= 4 is 5.84 Å². The summed E-state index contributed by atoms with van der Waals surface area (Å²) in [6.45, 7) is 0. The molecule has 0 radical (unpaired) electrons. The number of rotatable bonds is 2. The molecular weight excluding hydrogens is 223 g/mol. The Morgan fingerprint density at radius 1 is 1.35 bits per heavy atom. The van der Waals surface area contributed by atoms with Gasteiger partial charge >= 0.3 is 0 Å². The van der Waals surface area contributed by atoms with Crippen molar-refractivity contribution in [2.75, 3.05) is 0 Å². The van der Waals surface area contributed by atoms with Crippen molar-refractivity contribution in [2.24, 2.45) is 5.73 Å². The highest BCUT2D eigenvalue weighted by atomic mass is 19.1. The average Bonchev–Trinajstić information content (AvgIpc) is 2.30. The van der Waals surface area contributed by atoms with Crippen LogP contribution in [0.25, 0.3) is 11.3 Å². The van der Waals surface area contributed by atoms with Gasteiger partial charge in [-0.25, -0.2) is 9.49 Å². The molecule has 5 nitrogen and oxygen atoms in total. The summed E-state index contributed by atoms with van der Waals surface area (Å²) in [5, 5.41) is 13.3. The first-order valence-electron chi connectivity index (χ1n) is 4.78. The summed E-state index contributed by atoms with van der Waals surface area (Å²) in [6, 6.07) is 7.03. The lowest BCUT2D eigenvalue weighted by atomic mass is 10.1. The summed E-state index contributed by atoms with van der Waals surface area (Å²) in [5.41, 5.74) is 5.83. The zero-order valence-electron chi connectivity index (χ0n) is 8.70. The number of halogens is 1. The fourth-order valence-corrected chi connectivity index (χ4v) is 1.37.